The van der Waals surface area contributed by atoms with Gasteiger partial charge >= 0.3 is 5.97 Å². The molecule has 0 fully saturated rings. The molecule has 2 heterocycles. The van der Waals surface area contributed by atoms with Crippen LogP contribution in [0, 0.1) is 6.92 Å². The first-order chi connectivity index (χ1) is 10.1. The van der Waals surface area contributed by atoms with Gasteiger partial charge in [-0.15, -0.1) is 0 Å². The van der Waals surface area contributed by atoms with Crippen molar-refractivity contribution >= 4 is 32.9 Å². The first kappa shape index (κ1) is 13.9. The Balaban J connectivity index is 1.73. The standard InChI is InChI=1S/C15H13BrN2O3/c1-10-12-9-11(16)3-4-13(12)21-14(10)15(19)20-8-7-18-6-2-5-17-18/h2-6,9H,7-8H2,1H3. The van der Waals surface area contributed by atoms with Crippen LogP contribution in [0.25, 0.3) is 11.0 Å². The number of hydrogen-bond donors (Lipinski definition) is 0. The van der Waals surface area contributed by atoms with Crippen LogP contribution in [0.4, 0.5) is 0 Å². The summed E-state index contributed by atoms with van der Waals surface area (Å²) in [5.74, 6) is -0.199. The second kappa shape index (κ2) is 5.73. The zero-order valence-corrected chi connectivity index (χ0v) is 13.0. The predicted molar refractivity (Wildman–Crippen MR) is 81.2 cm³/mol. The first-order valence-electron chi connectivity index (χ1n) is 6.48. The van der Waals surface area contributed by atoms with Crippen molar-refractivity contribution in [2.75, 3.05) is 6.61 Å². The van der Waals surface area contributed by atoms with Crippen LogP contribution in [-0.2, 0) is 11.3 Å². The molecule has 0 aliphatic carbocycles. The second-order valence-corrected chi connectivity index (χ2v) is 5.52. The normalized spacial score (nSPS) is 11.0. The van der Waals surface area contributed by atoms with E-state index in [0.29, 0.717) is 12.1 Å². The number of halogens is 1. The summed E-state index contributed by atoms with van der Waals surface area (Å²) in [5.41, 5.74) is 1.46. The average Bonchev–Trinajstić information content (AvgIpc) is 3.08. The Bertz CT molecular complexity index is 778. The number of benzene rings is 1. The van der Waals surface area contributed by atoms with E-state index >= 15 is 0 Å². The minimum absolute atomic E-state index is 0.251. The molecule has 0 aliphatic heterocycles. The Kier molecular flexibility index (Phi) is 3.79. The van der Waals surface area contributed by atoms with Crippen molar-refractivity contribution in [1.82, 2.24) is 9.78 Å². The number of nitrogens with zero attached hydrogens (tertiary/aromatic N) is 2. The Morgan fingerprint density at radius 2 is 2.33 bits per heavy atom. The van der Waals surface area contributed by atoms with Gasteiger partial charge in [0.15, 0.2) is 0 Å². The molecular formula is C15H13BrN2O3. The van der Waals surface area contributed by atoms with Crippen molar-refractivity contribution in [1.29, 1.82) is 0 Å². The molecule has 0 N–H and O–H groups in total. The van der Waals surface area contributed by atoms with Crippen molar-refractivity contribution < 1.29 is 13.9 Å². The minimum Gasteiger partial charge on any atom is -0.458 e. The highest BCUT2D eigenvalue weighted by Crippen LogP contribution is 2.28. The molecule has 1 aromatic carbocycles. The van der Waals surface area contributed by atoms with Crippen LogP contribution in [0.5, 0.6) is 0 Å². The van der Waals surface area contributed by atoms with Gasteiger partial charge in [-0.1, -0.05) is 15.9 Å². The maximum atomic E-state index is 12.1. The van der Waals surface area contributed by atoms with E-state index in [9.17, 15) is 4.79 Å². The van der Waals surface area contributed by atoms with E-state index in [0.717, 1.165) is 15.4 Å². The van der Waals surface area contributed by atoms with Crippen LogP contribution in [0.15, 0.2) is 45.5 Å². The van der Waals surface area contributed by atoms with Crippen LogP contribution in [0.3, 0.4) is 0 Å². The summed E-state index contributed by atoms with van der Waals surface area (Å²) in [7, 11) is 0. The van der Waals surface area contributed by atoms with Crippen LogP contribution in [-0.4, -0.2) is 22.4 Å². The number of aromatic nitrogens is 2. The fraction of sp³-hybridized carbons (Fsp3) is 0.200. The molecule has 0 saturated carbocycles. The number of furan rings is 1. The third kappa shape index (κ3) is 2.85. The molecule has 108 valence electrons. The lowest BCUT2D eigenvalue weighted by Gasteiger charge is -2.03. The van der Waals surface area contributed by atoms with Crippen molar-refractivity contribution in [3.63, 3.8) is 0 Å². The highest BCUT2D eigenvalue weighted by molar-refractivity contribution is 9.10. The lowest BCUT2D eigenvalue weighted by molar-refractivity contribution is 0.0453. The number of ether oxygens (including phenoxy) is 1. The fourth-order valence-electron chi connectivity index (χ4n) is 2.12. The van der Waals surface area contributed by atoms with Gasteiger partial charge in [0.05, 0.1) is 6.54 Å². The van der Waals surface area contributed by atoms with E-state index in [2.05, 4.69) is 21.0 Å². The molecule has 5 nitrogen and oxygen atoms in total. The van der Waals surface area contributed by atoms with Gasteiger partial charge in [0.2, 0.25) is 5.76 Å². The summed E-state index contributed by atoms with van der Waals surface area (Å²) in [6.07, 6.45) is 3.50. The van der Waals surface area contributed by atoms with Crippen LogP contribution < -0.4 is 0 Å². The lowest BCUT2D eigenvalue weighted by atomic mass is 10.1. The number of fused-ring (bicyclic) bond motifs is 1. The number of hydrogen-bond acceptors (Lipinski definition) is 4. The largest absolute Gasteiger partial charge is 0.458 e. The zero-order valence-electron chi connectivity index (χ0n) is 11.4. The SMILES string of the molecule is Cc1c(C(=O)OCCn2cccn2)oc2ccc(Br)cc12. The smallest absolute Gasteiger partial charge is 0.374 e. The Labute approximate surface area is 129 Å². The van der Waals surface area contributed by atoms with Gasteiger partial charge in [0.1, 0.15) is 12.2 Å². The van der Waals surface area contributed by atoms with Crippen LogP contribution >= 0.6 is 15.9 Å². The van der Waals surface area contributed by atoms with Gasteiger partial charge in [0, 0.05) is 27.8 Å². The summed E-state index contributed by atoms with van der Waals surface area (Å²) in [4.78, 5) is 12.1. The quantitative estimate of drug-likeness (QED) is 0.676. The molecule has 0 radical (unpaired) electrons. The van der Waals surface area contributed by atoms with Crippen molar-refractivity contribution in [2.24, 2.45) is 0 Å². The van der Waals surface area contributed by atoms with E-state index < -0.39 is 5.97 Å². The van der Waals surface area contributed by atoms with Crippen molar-refractivity contribution in [3.05, 3.63) is 52.5 Å². The van der Waals surface area contributed by atoms with E-state index in [1.165, 1.54) is 0 Å². The molecule has 0 aliphatic rings. The molecule has 0 atom stereocenters. The van der Waals surface area contributed by atoms with Gasteiger partial charge in [-0.05, 0) is 31.2 Å². The number of carbonyl (C=O) groups is 1. The predicted octanol–water partition coefficient (Wildman–Crippen LogP) is 3.56. The number of esters is 1. The van der Waals surface area contributed by atoms with Crippen LogP contribution in [0.1, 0.15) is 16.1 Å². The summed E-state index contributed by atoms with van der Waals surface area (Å²) < 4.78 is 13.5. The van der Waals surface area contributed by atoms with Crippen LogP contribution in [0.2, 0.25) is 0 Å². The first-order valence-corrected chi connectivity index (χ1v) is 7.27. The Hall–Kier alpha value is -2.08. The topological polar surface area (TPSA) is 57.3 Å². The number of carbonyl (C=O) groups excluding carboxylic acids is 1. The summed E-state index contributed by atoms with van der Waals surface area (Å²) >= 11 is 3.41. The summed E-state index contributed by atoms with van der Waals surface area (Å²) in [6, 6.07) is 7.45. The minimum atomic E-state index is -0.452. The van der Waals surface area contributed by atoms with E-state index in [-0.39, 0.29) is 12.4 Å². The van der Waals surface area contributed by atoms with E-state index in [1.807, 2.05) is 37.4 Å². The Morgan fingerprint density at radius 3 is 3.10 bits per heavy atom. The molecule has 0 spiro atoms. The molecule has 3 aromatic rings. The molecule has 0 unspecified atom stereocenters. The van der Waals surface area contributed by atoms with Gasteiger partial charge in [-0.3, -0.25) is 4.68 Å². The van der Waals surface area contributed by atoms with E-state index in [1.54, 1.807) is 10.9 Å². The van der Waals surface area contributed by atoms with Gasteiger partial charge in [0.25, 0.3) is 0 Å². The fourth-order valence-corrected chi connectivity index (χ4v) is 2.48. The van der Waals surface area contributed by atoms with Crippen molar-refractivity contribution in [2.45, 2.75) is 13.5 Å². The maximum absolute atomic E-state index is 12.1. The third-order valence-corrected chi connectivity index (χ3v) is 3.69. The molecule has 6 heteroatoms. The zero-order chi connectivity index (χ0) is 14.8. The highest BCUT2D eigenvalue weighted by Gasteiger charge is 2.19. The summed E-state index contributed by atoms with van der Waals surface area (Å²) in [5, 5.41) is 4.95. The number of aryl methyl sites for hydroxylation is 1. The molecule has 0 bridgehead atoms. The number of rotatable bonds is 4. The molecule has 2 aromatic heterocycles. The van der Waals surface area contributed by atoms with Gasteiger partial charge in [-0.25, -0.2) is 4.79 Å². The monoisotopic (exact) mass is 348 g/mol. The van der Waals surface area contributed by atoms with Gasteiger partial charge in [-0.2, -0.15) is 5.10 Å². The molecule has 0 amide bonds. The summed E-state index contributed by atoms with van der Waals surface area (Å²) in [6.45, 7) is 2.62. The van der Waals surface area contributed by atoms with E-state index in [4.69, 9.17) is 9.15 Å². The maximum Gasteiger partial charge on any atom is 0.374 e. The highest BCUT2D eigenvalue weighted by atomic mass is 79.9. The molecule has 21 heavy (non-hydrogen) atoms. The molecule has 3 rings (SSSR count). The van der Waals surface area contributed by atoms with Gasteiger partial charge < -0.3 is 9.15 Å². The average molecular weight is 349 g/mol. The lowest BCUT2D eigenvalue weighted by Crippen LogP contribution is -2.12. The molecular weight excluding hydrogens is 336 g/mol. The Morgan fingerprint density at radius 1 is 1.48 bits per heavy atom. The van der Waals surface area contributed by atoms with Crippen molar-refractivity contribution in [3.8, 4) is 0 Å². The third-order valence-electron chi connectivity index (χ3n) is 3.20. The molecule has 0 saturated heterocycles. The second-order valence-electron chi connectivity index (χ2n) is 4.60.